The molecule has 15 heavy (non-hydrogen) atoms. The van der Waals surface area contributed by atoms with Gasteiger partial charge in [0.1, 0.15) is 5.02 Å². The van der Waals surface area contributed by atoms with Gasteiger partial charge in [0.15, 0.2) is 5.15 Å². The van der Waals surface area contributed by atoms with E-state index in [1.165, 1.54) is 10.9 Å². The summed E-state index contributed by atoms with van der Waals surface area (Å²) in [7, 11) is 0. The molecule has 0 aliphatic rings. The predicted octanol–water partition coefficient (Wildman–Crippen LogP) is 0.672. The zero-order chi connectivity index (χ0) is 11.6. The molecular weight excluding hydrogens is 241 g/mol. The summed E-state index contributed by atoms with van der Waals surface area (Å²) >= 11 is 11.1. The fraction of sp³-hybridized carbons (Fsp3) is 0.375. The van der Waals surface area contributed by atoms with E-state index in [0.29, 0.717) is 0 Å². The molecule has 0 saturated carbocycles. The Morgan fingerprint density at radius 3 is 2.80 bits per heavy atom. The molecule has 0 bridgehead atoms. The Labute approximate surface area is 95.8 Å². The lowest BCUT2D eigenvalue weighted by molar-refractivity contribution is -0.121. The van der Waals surface area contributed by atoms with Crippen LogP contribution in [0.15, 0.2) is 11.1 Å². The maximum absolute atomic E-state index is 11.5. The van der Waals surface area contributed by atoms with Crippen LogP contribution in [-0.2, 0) is 11.3 Å². The van der Waals surface area contributed by atoms with E-state index in [4.69, 9.17) is 28.9 Å². The third kappa shape index (κ3) is 2.70. The van der Waals surface area contributed by atoms with E-state index in [1.807, 2.05) is 0 Å². The fourth-order valence-corrected chi connectivity index (χ4v) is 1.24. The molecule has 5 nitrogen and oxygen atoms in total. The molecule has 1 amide bonds. The predicted molar refractivity (Wildman–Crippen MR) is 56.9 cm³/mol. The first-order valence-corrected chi connectivity index (χ1v) is 4.88. The van der Waals surface area contributed by atoms with Gasteiger partial charge in [-0.3, -0.25) is 14.2 Å². The molecule has 1 atom stereocenters. The Morgan fingerprint density at radius 2 is 2.27 bits per heavy atom. The molecule has 1 heterocycles. The van der Waals surface area contributed by atoms with Gasteiger partial charge in [0, 0.05) is 6.54 Å². The van der Waals surface area contributed by atoms with Crippen LogP contribution in [0.2, 0.25) is 10.2 Å². The summed E-state index contributed by atoms with van der Waals surface area (Å²) in [6.45, 7) is 1.75. The summed E-state index contributed by atoms with van der Waals surface area (Å²) in [5.41, 5.74) is 4.59. The van der Waals surface area contributed by atoms with Gasteiger partial charge < -0.3 is 5.73 Å². The van der Waals surface area contributed by atoms with Gasteiger partial charge >= 0.3 is 0 Å². The van der Waals surface area contributed by atoms with Crippen LogP contribution < -0.4 is 11.3 Å². The molecule has 0 radical (unpaired) electrons. The molecule has 1 aromatic heterocycles. The van der Waals surface area contributed by atoms with Crippen molar-refractivity contribution < 1.29 is 4.79 Å². The lowest BCUT2D eigenvalue weighted by Crippen LogP contribution is -2.30. The van der Waals surface area contributed by atoms with Crippen molar-refractivity contribution in [2.24, 2.45) is 11.7 Å². The number of carbonyl (C=O) groups excluding carboxylic acids is 1. The van der Waals surface area contributed by atoms with Crippen LogP contribution in [0.3, 0.4) is 0 Å². The highest BCUT2D eigenvalue weighted by Crippen LogP contribution is 2.12. The summed E-state index contributed by atoms with van der Waals surface area (Å²) in [4.78, 5) is 26.0. The van der Waals surface area contributed by atoms with E-state index in [9.17, 15) is 9.59 Å². The molecule has 0 spiro atoms. The van der Waals surface area contributed by atoms with Crippen LogP contribution >= 0.6 is 23.2 Å². The standard InChI is InChI=1S/C8H9Cl2N3O2/c1-4(7(11)14)2-13-3-12-6(10)5(9)8(13)15/h3-4H,2H2,1H3,(H2,11,14). The molecule has 0 fully saturated rings. The van der Waals surface area contributed by atoms with Crippen LogP contribution in [0.25, 0.3) is 0 Å². The molecule has 2 N–H and O–H groups in total. The van der Waals surface area contributed by atoms with Crippen molar-refractivity contribution in [3.63, 3.8) is 0 Å². The molecule has 1 rings (SSSR count). The average molecular weight is 250 g/mol. The zero-order valence-electron chi connectivity index (χ0n) is 7.91. The average Bonchev–Trinajstić information content (AvgIpc) is 2.18. The van der Waals surface area contributed by atoms with Crippen LogP contribution in [0.4, 0.5) is 0 Å². The van der Waals surface area contributed by atoms with E-state index in [2.05, 4.69) is 4.98 Å². The summed E-state index contributed by atoms with van der Waals surface area (Å²) < 4.78 is 1.20. The maximum Gasteiger partial charge on any atom is 0.273 e. The van der Waals surface area contributed by atoms with Crippen molar-refractivity contribution in [2.45, 2.75) is 13.5 Å². The smallest absolute Gasteiger partial charge is 0.273 e. The lowest BCUT2D eigenvalue weighted by atomic mass is 10.2. The van der Waals surface area contributed by atoms with Crippen LogP contribution in [0.5, 0.6) is 0 Å². The molecule has 0 aliphatic carbocycles. The van der Waals surface area contributed by atoms with Gasteiger partial charge in [-0.1, -0.05) is 30.1 Å². The number of halogens is 2. The molecule has 1 aromatic rings. The third-order valence-corrected chi connectivity index (χ3v) is 2.62. The lowest BCUT2D eigenvalue weighted by Gasteiger charge is -2.09. The van der Waals surface area contributed by atoms with Gasteiger partial charge in [0.25, 0.3) is 5.56 Å². The largest absolute Gasteiger partial charge is 0.369 e. The van der Waals surface area contributed by atoms with Crippen molar-refractivity contribution in [3.05, 3.63) is 26.9 Å². The SMILES string of the molecule is CC(Cn1cnc(Cl)c(Cl)c1=O)C(N)=O. The van der Waals surface area contributed by atoms with Gasteiger partial charge in [0.2, 0.25) is 5.91 Å². The number of nitrogens with two attached hydrogens (primary N) is 1. The summed E-state index contributed by atoms with van der Waals surface area (Å²) in [5.74, 6) is -0.963. The first kappa shape index (κ1) is 12.0. The van der Waals surface area contributed by atoms with Gasteiger partial charge in [0.05, 0.1) is 12.2 Å². The second kappa shape index (κ2) is 4.63. The minimum atomic E-state index is -0.493. The second-order valence-electron chi connectivity index (χ2n) is 3.11. The van der Waals surface area contributed by atoms with Gasteiger partial charge in [-0.15, -0.1) is 0 Å². The first-order valence-electron chi connectivity index (χ1n) is 4.13. The number of hydrogen-bond donors (Lipinski definition) is 1. The van der Waals surface area contributed by atoms with Gasteiger partial charge in [-0.2, -0.15) is 0 Å². The summed E-state index contributed by atoms with van der Waals surface area (Å²) in [6, 6.07) is 0. The number of hydrogen-bond acceptors (Lipinski definition) is 3. The van der Waals surface area contributed by atoms with E-state index >= 15 is 0 Å². The summed E-state index contributed by atoms with van der Waals surface area (Å²) in [6.07, 6.45) is 1.23. The number of aromatic nitrogens is 2. The number of nitrogens with zero attached hydrogens (tertiary/aromatic N) is 2. The Kier molecular flexibility index (Phi) is 3.71. The van der Waals surface area contributed by atoms with Crippen molar-refractivity contribution >= 4 is 29.1 Å². The van der Waals surface area contributed by atoms with Crippen molar-refractivity contribution in [3.8, 4) is 0 Å². The molecule has 0 aliphatic heterocycles. The highest BCUT2D eigenvalue weighted by molar-refractivity contribution is 6.40. The fourth-order valence-electron chi connectivity index (χ4n) is 0.959. The van der Waals surface area contributed by atoms with E-state index in [-0.39, 0.29) is 16.7 Å². The maximum atomic E-state index is 11.5. The minimum absolute atomic E-state index is 0.0513. The van der Waals surface area contributed by atoms with Crippen molar-refractivity contribution in [2.75, 3.05) is 0 Å². The van der Waals surface area contributed by atoms with Crippen molar-refractivity contribution in [1.29, 1.82) is 0 Å². The highest BCUT2D eigenvalue weighted by Gasteiger charge is 2.13. The van der Waals surface area contributed by atoms with Crippen LogP contribution in [0, 0.1) is 5.92 Å². The zero-order valence-corrected chi connectivity index (χ0v) is 9.42. The Bertz CT molecular complexity index is 444. The molecule has 0 aromatic carbocycles. The molecule has 7 heteroatoms. The minimum Gasteiger partial charge on any atom is -0.369 e. The van der Waals surface area contributed by atoms with E-state index in [0.717, 1.165) is 0 Å². The molecular formula is C8H9Cl2N3O2. The molecule has 0 saturated heterocycles. The quantitative estimate of drug-likeness (QED) is 0.801. The number of amides is 1. The van der Waals surface area contributed by atoms with Crippen LogP contribution in [0.1, 0.15) is 6.92 Å². The first-order chi connectivity index (χ1) is 6.93. The topological polar surface area (TPSA) is 78.0 Å². The van der Waals surface area contributed by atoms with E-state index < -0.39 is 17.4 Å². The number of carbonyl (C=O) groups is 1. The normalized spacial score (nSPS) is 12.5. The van der Waals surface area contributed by atoms with Gasteiger partial charge in [-0.25, -0.2) is 4.98 Å². The Hall–Kier alpha value is -1.07. The van der Waals surface area contributed by atoms with E-state index in [1.54, 1.807) is 6.92 Å². The number of primary amides is 1. The Balaban J connectivity index is 3.02. The monoisotopic (exact) mass is 249 g/mol. The summed E-state index contributed by atoms with van der Waals surface area (Å²) in [5, 5.41) is -0.208. The van der Waals surface area contributed by atoms with Crippen LogP contribution in [-0.4, -0.2) is 15.5 Å². The molecule has 1 unspecified atom stereocenters. The van der Waals surface area contributed by atoms with Gasteiger partial charge in [-0.05, 0) is 0 Å². The Morgan fingerprint density at radius 1 is 1.67 bits per heavy atom. The molecule has 82 valence electrons. The second-order valence-corrected chi connectivity index (χ2v) is 3.85. The third-order valence-electron chi connectivity index (χ3n) is 1.90. The highest BCUT2D eigenvalue weighted by atomic mass is 35.5. The van der Waals surface area contributed by atoms with Crippen molar-refractivity contribution in [1.82, 2.24) is 9.55 Å². The number of rotatable bonds is 3.